The number of aromatic nitrogens is 4. The highest BCUT2D eigenvalue weighted by Gasteiger charge is 2.26. The van der Waals surface area contributed by atoms with Crippen molar-refractivity contribution >= 4 is 5.69 Å². The molecule has 0 bridgehead atoms. The molecule has 5 nitrogen and oxygen atoms in total. The second-order valence-corrected chi connectivity index (χ2v) is 5.59. The Morgan fingerprint density at radius 1 is 1.32 bits per heavy atom. The van der Waals surface area contributed by atoms with E-state index in [1.54, 1.807) is 0 Å². The van der Waals surface area contributed by atoms with Gasteiger partial charge in [-0.15, -0.1) is 5.10 Å². The standard InChI is InChI=1S/C14H19N5/c1-9-3-6-12(7-9)19-14(16-17-18-19)11-5-4-10(2)13(15)8-11/h4-5,8-9,12H,3,6-7,15H2,1-2H3. The third-order valence-corrected chi connectivity index (χ3v) is 4.04. The maximum absolute atomic E-state index is 5.97. The molecule has 2 unspecified atom stereocenters. The monoisotopic (exact) mass is 257 g/mol. The first-order valence-corrected chi connectivity index (χ1v) is 6.79. The molecule has 1 fully saturated rings. The lowest BCUT2D eigenvalue weighted by Crippen LogP contribution is -2.09. The minimum Gasteiger partial charge on any atom is -0.398 e. The first kappa shape index (κ1) is 12.1. The summed E-state index contributed by atoms with van der Waals surface area (Å²) in [6.07, 6.45) is 3.56. The third kappa shape index (κ3) is 2.20. The Kier molecular flexibility index (Phi) is 2.97. The predicted octanol–water partition coefficient (Wildman–Crippen LogP) is 2.59. The van der Waals surface area contributed by atoms with Crippen molar-refractivity contribution in [1.29, 1.82) is 0 Å². The summed E-state index contributed by atoms with van der Waals surface area (Å²) in [4.78, 5) is 0. The van der Waals surface area contributed by atoms with Gasteiger partial charge in [0.25, 0.3) is 0 Å². The second-order valence-electron chi connectivity index (χ2n) is 5.59. The van der Waals surface area contributed by atoms with Gasteiger partial charge in [-0.1, -0.05) is 19.1 Å². The van der Waals surface area contributed by atoms with E-state index in [4.69, 9.17) is 5.73 Å². The summed E-state index contributed by atoms with van der Waals surface area (Å²) in [5.41, 5.74) is 8.83. The summed E-state index contributed by atoms with van der Waals surface area (Å²) in [7, 11) is 0. The zero-order valence-electron chi connectivity index (χ0n) is 11.4. The zero-order valence-corrected chi connectivity index (χ0v) is 11.4. The van der Waals surface area contributed by atoms with E-state index in [0.717, 1.165) is 41.4 Å². The Bertz CT molecular complexity index is 589. The van der Waals surface area contributed by atoms with E-state index < -0.39 is 0 Å². The number of nitrogens with zero attached hydrogens (tertiary/aromatic N) is 4. The maximum atomic E-state index is 5.97. The summed E-state index contributed by atoms with van der Waals surface area (Å²) in [6.45, 7) is 4.29. The predicted molar refractivity (Wildman–Crippen MR) is 74.5 cm³/mol. The van der Waals surface area contributed by atoms with Crippen molar-refractivity contribution < 1.29 is 0 Å². The van der Waals surface area contributed by atoms with Crippen molar-refractivity contribution in [2.45, 2.75) is 39.2 Å². The maximum Gasteiger partial charge on any atom is 0.182 e. The highest BCUT2D eigenvalue weighted by Crippen LogP contribution is 2.35. The van der Waals surface area contributed by atoms with Crippen LogP contribution in [-0.4, -0.2) is 20.2 Å². The average Bonchev–Trinajstić information content (AvgIpc) is 3.00. The topological polar surface area (TPSA) is 69.6 Å². The van der Waals surface area contributed by atoms with E-state index in [1.807, 2.05) is 29.8 Å². The van der Waals surface area contributed by atoms with E-state index in [-0.39, 0.29) is 0 Å². The van der Waals surface area contributed by atoms with Crippen LogP contribution < -0.4 is 5.73 Å². The van der Waals surface area contributed by atoms with Gasteiger partial charge >= 0.3 is 0 Å². The van der Waals surface area contributed by atoms with Crippen LogP contribution in [0.25, 0.3) is 11.4 Å². The van der Waals surface area contributed by atoms with Gasteiger partial charge in [0.15, 0.2) is 5.82 Å². The SMILES string of the molecule is Cc1ccc(-c2nnnn2C2CCC(C)C2)cc1N. The number of benzene rings is 1. The Labute approximate surface area is 112 Å². The van der Waals surface area contributed by atoms with Gasteiger partial charge in [0.1, 0.15) is 0 Å². The molecule has 1 aromatic carbocycles. The molecule has 0 aliphatic heterocycles. The minimum absolute atomic E-state index is 0.419. The van der Waals surface area contributed by atoms with Crippen LogP contribution >= 0.6 is 0 Å². The summed E-state index contributed by atoms with van der Waals surface area (Å²) in [5.74, 6) is 1.58. The fourth-order valence-electron chi connectivity index (χ4n) is 2.81. The molecule has 0 spiro atoms. The molecule has 2 atom stereocenters. The summed E-state index contributed by atoms with van der Waals surface area (Å²) < 4.78 is 1.97. The van der Waals surface area contributed by atoms with Crippen LogP contribution in [0.2, 0.25) is 0 Å². The van der Waals surface area contributed by atoms with Crippen molar-refractivity contribution in [3.63, 3.8) is 0 Å². The fraction of sp³-hybridized carbons (Fsp3) is 0.500. The van der Waals surface area contributed by atoms with E-state index in [2.05, 4.69) is 22.4 Å². The van der Waals surface area contributed by atoms with E-state index in [0.29, 0.717) is 6.04 Å². The molecule has 100 valence electrons. The number of nitrogen functional groups attached to an aromatic ring is 1. The second kappa shape index (κ2) is 4.64. The molecule has 0 saturated heterocycles. The van der Waals surface area contributed by atoms with E-state index >= 15 is 0 Å². The first-order valence-electron chi connectivity index (χ1n) is 6.79. The Morgan fingerprint density at radius 2 is 2.16 bits per heavy atom. The summed E-state index contributed by atoms with van der Waals surface area (Å²) >= 11 is 0. The molecule has 1 saturated carbocycles. The molecule has 3 rings (SSSR count). The van der Waals surface area contributed by atoms with Gasteiger partial charge in [0.2, 0.25) is 0 Å². The van der Waals surface area contributed by atoms with Crippen LogP contribution in [-0.2, 0) is 0 Å². The summed E-state index contributed by atoms with van der Waals surface area (Å²) in [6, 6.07) is 6.42. The number of hydrogen-bond acceptors (Lipinski definition) is 4. The first-order chi connectivity index (χ1) is 9.15. The molecule has 2 aromatic rings. The van der Waals surface area contributed by atoms with E-state index in [1.165, 1.54) is 6.42 Å². The highest BCUT2D eigenvalue weighted by atomic mass is 15.5. The van der Waals surface area contributed by atoms with Crippen molar-refractivity contribution in [2.24, 2.45) is 5.92 Å². The van der Waals surface area contributed by atoms with Crippen molar-refractivity contribution in [3.8, 4) is 11.4 Å². The summed E-state index contributed by atoms with van der Waals surface area (Å²) in [5, 5.41) is 12.2. The van der Waals surface area contributed by atoms with Gasteiger partial charge < -0.3 is 5.73 Å². The largest absolute Gasteiger partial charge is 0.398 e. The Hall–Kier alpha value is -1.91. The third-order valence-electron chi connectivity index (χ3n) is 4.04. The van der Waals surface area contributed by atoms with Crippen molar-refractivity contribution in [2.75, 3.05) is 5.73 Å². The number of nitrogens with two attached hydrogens (primary N) is 1. The molecule has 1 aliphatic rings. The number of aryl methyl sites for hydroxylation is 1. The molecule has 5 heteroatoms. The lowest BCUT2D eigenvalue weighted by atomic mass is 10.1. The van der Waals surface area contributed by atoms with Gasteiger partial charge in [-0.25, -0.2) is 4.68 Å². The van der Waals surface area contributed by atoms with Gasteiger partial charge in [0.05, 0.1) is 6.04 Å². The Morgan fingerprint density at radius 3 is 2.84 bits per heavy atom. The average molecular weight is 257 g/mol. The molecular weight excluding hydrogens is 238 g/mol. The van der Waals surface area contributed by atoms with Crippen LogP contribution in [0.3, 0.4) is 0 Å². The lowest BCUT2D eigenvalue weighted by Gasteiger charge is -2.12. The highest BCUT2D eigenvalue weighted by molar-refractivity contribution is 5.63. The molecular formula is C14H19N5. The van der Waals surface area contributed by atoms with Crippen LogP contribution in [0.1, 0.15) is 37.8 Å². The number of rotatable bonds is 2. The lowest BCUT2D eigenvalue weighted by molar-refractivity contribution is 0.443. The van der Waals surface area contributed by atoms with Crippen LogP contribution in [0.4, 0.5) is 5.69 Å². The number of hydrogen-bond donors (Lipinski definition) is 1. The molecule has 19 heavy (non-hydrogen) atoms. The van der Waals surface area contributed by atoms with Crippen molar-refractivity contribution in [3.05, 3.63) is 23.8 Å². The number of anilines is 1. The van der Waals surface area contributed by atoms with Crippen LogP contribution in [0, 0.1) is 12.8 Å². The molecule has 1 aromatic heterocycles. The normalized spacial score (nSPS) is 22.8. The van der Waals surface area contributed by atoms with Crippen LogP contribution in [0.5, 0.6) is 0 Å². The van der Waals surface area contributed by atoms with Crippen molar-refractivity contribution in [1.82, 2.24) is 20.2 Å². The molecule has 1 aliphatic carbocycles. The van der Waals surface area contributed by atoms with Gasteiger partial charge in [-0.2, -0.15) is 0 Å². The molecule has 2 N–H and O–H groups in total. The smallest absolute Gasteiger partial charge is 0.182 e. The van der Waals surface area contributed by atoms with Gasteiger partial charge in [-0.3, -0.25) is 0 Å². The molecule has 1 heterocycles. The fourth-order valence-corrected chi connectivity index (χ4v) is 2.81. The van der Waals surface area contributed by atoms with E-state index in [9.17, 15) is 0 Å². The van der Waals surface area contributed by atoms with Gasteiger partial charge in [0, 0.05) is 11.3 Å². The Balaban J connectivity index is 1.97. The van der Waals surface area contributed by atoms with Gasteiger partial charge in [-0.05, 0) is 54.2 Å². The molecule has 0 radical (unpaired) electrons. The quantitative estimate of drug-likeness (QED) is 0.839. The molecule has 0 amide bonds. The minimum atomic E-state index is 0.419. The zero-order chi connectivity index (χ0) is 13.4. The number of tetrazole rings is 1. The van der Waals surface area contributed by atoms with Crippen LogP contribution in [0.15, 0.2) is 18.2 Å².